The van der Waals surface area contributed by atoms with Crippen LogP contribution in [0.4, 0.5) is 4.79 Å². The van der Waals surface area contributed by atoms with Crippen LogP contribution in [0.15, 0.2) is 0 Å². The molecule has 5 heteroatoms. The van der Waals surface area contributed by atoms with Gasteiger partial charge >= 0.3 is 12.0 Å². The maximum atomic E-state index is 12.0. The molecule has 0 aromatic rings. The Bertz CT molecular complexity index is 364. The molecule has 19 heavy (non-hydrogen) atoms. The van der Waals surface area contributed by atoms with E-state index < -0.39 is 12.0 Å². The number of nitrogens with one attached hydrogen (secondary N) is 2. The molecule has 0 aromatic carbocycles. The van der Waals surface area contributed by atoms with Gasteiger partial charge in [0.1, 0.15) is 6.04 Å². The standard InChI is InChI=1S/C14H24N2O3/c1-14(2)8-4-3-5-10(14)15-13(19)16-11(12(17)18)9-6-7-9/h9-11H,3-8H2,1-2H3,(H,17,18)(H2,15,16,19). The normalized spacial score (nSPS) is 27.4. The zero-order valence-electron chi connectivity index (χ0n) is 11.7. The number of aliphatic carboxylic acids is 1. The molecule has 0 spiro atoms. The van der Waals surface area contributed by atoms with Crippen LogP contribution in [0.5, 0.6) is 0 Å². The SMILES string of the molecule is CC1(C)CCCCC1NC(=O)NC(C(=O)O)C1CC1. The molecule has 2 aliphatic carbocycles. The molecular formula is C14H24N2O3. The van der Waals surface area contributed by atoms with Crippen LogP contribution in [0.1, 0.15) is 52.4 Å². The highest BCUT2D eigenvalue weighted by Crippen LogP contribution is 2.35. The van der Waals surface area contributed by atoms with Crippen LogP contribution in [-0.2, 0) is 4.79 Å². The van der Waals surface area contributed by atoms with Crippen molar-refractivity contribution in [3.63, 3.8) is 0 Å². The molecule has 3 N–H and O–H groups in total. The van der Waals surface area contributed by atoms with Crippen LogP contribution in [0, 0.1) is 11.3 Å². The maximum Gasteiger partial charge on any atom is 0.326 e. The molecule has 108 valence electrons. The Morgan fingerprint density at radius 2 is 1.89 bits per heavy atom. The van der Waals surface area contributed by atoms with E-state index in [4.69, 9.17) is 5.11 Å². The highest BCUT2D eigenvalue weighted by atomic mass is 16.4. The fourth-order valence-corrected chi connectivity index (χ4v) is 2.91. The molecule has 2 aliphatic rings. The van der Waals surface area contributed by atoms with E-state index in [9.17, 15) is 9.59 Å². The minimum Gasteiger partial charge on any atom is -0.480 e. The third kappa shape index (κ3) is 3.61. The van der Waals surface area contributed by atoms with Crippen LogP contribution in [0.3, 0.4) is 0 Å². The second-order valence-electron chi connectivity index (χ2n) is 6.56. The van der Waals surface area contributed by atoms with Gasteiger partial charge in [0.15, 0.2) is 0 Å². The Balaban J connectivity index is 1.87. The van der Waals surface area contributed by atoms with Crippen molar-refractivity contribution >= 4 is 12.0 Å². The molecule has 0 saturated heterocycles. The summed E-state index contributed by atoms with van der Waals surface area (Å²) in [6.45, 7) is 4.32. The fraction of sp³-hybridized carbons (Fsp3) is 0.857. The number of urea groups is 1. The van der Waals surface area contributed by atoms with Gasteiger partial charge < -0.3 is 15.7 Å². The molecule has 2 fully saturated rings. The van der Waals surface area contributed by atoms with Crippen molar-refractivity contribution in [2.45, 2.75) is 64.5 Å². The Morgan fingerprint density at radius 1 is 1.21 bits per heavy atom. The molecular weight excluding hydrogens is 244 g/mol. The van der Waals surface area contributed by atoms with E-state index in [0.29, 0.717) is 0 Å². The summed E-state index contributed by atoms with van der Waals surface area (Å²) in [5.41, 5.74) is 0.0912. The lowest BCUT2D eigenvalue weighted by Gasteiger charge is -2.39. The van der Waals surface area contributed by atoms with E-state index in [-0.39, 0.29) is 23.4 Å². The molecule has 0 aliphatic heterocycles. The van der Waals surface area contributed by atoms with E-state index in [0.717, 1.165) is 32.1 Å². The van der Waals surface area contributed by atoms with Gasteiger partial charge in [0, 0.05) is 6.04 Å². The molecule has 2 unspecified atom stereocenters. The third-order valence-corrected chi connectivity index (χ3v) is 4.46. The summed E-state index contributed by atoms with van der Waals surface area (Å²) in [7, 11) is 0. The highest BCUT2D eigenvalue weighted by Gasteiger charge is 2.38. The summed E-state index contributed by atoms with van der Waals surface area (Å²) in [5.74, 6) is -0.817. The van der Waals surface area contributed by atoms with Crippen molar-refractivity contribution in [3.05, 3.63) is 0 Å². The lowest BCUT2D eigenvalue weighted by molar-refractivity contribution is -0.139. The van der Waals surface area contributed by atoms with Gasteiger partial charge in [-0.15, -0.1) is 0 Å². The number of carboxylic acids is 1. The van der Waals surface area contributed by atoms with Crippen molar-refractivity contribution in [2.24, 2.45) is 11.3 Å². The van der Waals surface area contributed by atoms with E-state index in [1.165, 1.54) is 6.42 Å². The average molecular weight is 268 g/mol. The Hall–Kier alpha value is -1.26. The first-order valence-electron chi connectivity index (χ1n) is 7.20. The van der Waals surface area contributed by atoms with Gasteiger partial charge in [-0.2, -0.15) is 0 Å². The number of carbonyl (C=O) groups is 2. The molecule has 0 heterocycles. The molecule has 5 nitrogen and oxygen atoms in total. The quantitative estimate of drug-likeness (QED) is 0.730. The van der Waals surface area contributed by atoms with Gasteiger partial charge in [0.25, 0.3) is 0 Å². The molecule has 0 radical (unpaired) electrons. The zero-order chi connectivity index (χ0) is 14.0. The third-order valence-electron chi connectivity index (χ3n) is 4.46. The molecule has 2 atom stereocenters. The molecule has 0 aromatic heterocycles. The summed E-state index contributed by atoms with van der Waals surface area (Å²) < 4.78 is 0. The van der Waals surface area contributed by atoms with Crippen LogP contribution in [-0.4, -0.2) is 29.2 Å². The number of hydrogen-bond acceptors (Lipinski definition) is 2. The van der Waals surface area contributed by atoms with Crippen LogP contribution in [0.25, 0.3) is 0 Å². The Morgan fingerprint density at radius 3 is 2.42 bits per heavy atom. The van der Waals surface area contributed by atoms with Crippen molar-refractivity contribution < 1.29 is 14.7 Å². The smallest absolute Gasteiger partial charge is 0.326 e. The number of rotatable bonds is 4. The summed E-state index contributed by atoms with van der Waals surface area (Å²) in [4.78, 5) is 23.1. The monoisotopic (exact) mass is 268 g/mol. The minimum absolute atomic E-state index is 0.0912. The molecule has 2 amide bonds. The zero-order valence-corrected chi connectivity index (χ0v) is 11.7. The van der Waals surface area contributed by atoms with Gasteiger partial charge in [-0.3, -0.25) is 0 Å². The molecule has 2 saturated carbocycles. The van der Waals surface area contributed by atoms with Crippen LogP contribution < -0.4 is 10.6 Å². The van der Waals surface area contributed by atoms with Crippen molar-refractivity contribution in [2.75, 3.05) is 0 Å². The van der Waals surface area contributed by atoms with Crippen LogP contribution in [0.2, 0.25) is 0 Å². The second kappa shape index (κ2) is 5.39. The first-order valence-corrected chi connectivity index (χ1v) is 7.20. The van der Waals surface area contributed by atoms with Crippen LogP contribution >= 0.6 is 0 Å². The van der Waals surface area contributed by atoms with Gasteiger partial charge in [-0.25, -0.2) is 9.59 Å². The second-order valence-corrected chi connectivity index (χ2v) is 6.56. The van der Waals surface area contributed by atoms with Crippen molar-refractivity contribution in [3.8, 4) is 0 Å². The van der Waals surface area contributed by atoms with Gasteiger partial charge in [0.05, 0.1) is 0 Å². The summed E-state index contributed by atoms with van der Waals surface area (Å²) >= 11 is 0. The largest absolute Gasteiger partial charge is 0.480 e. The van der Waals surface area contributed by atoms with E-state index >= 15 is 0 Å². The number of amides is 2. The average Bonchev–Trinajstić information content (AvgIpc) is 3.12. The van der Waals surface area contributed by atoms with E-state index in [1.807, 2.05) is 0 Å². The van der Waals surface area contributed by atoms with Gasteiger partial charge in [0.2, 0.25) is 0 Å². The van der Waals surface area contributed by atoms with Crippen molar-refractivity contribution in [1.82, 2.24) is 10.6 Å². The lowest BCUT2D eigenvalue weighted by Crippen LogP contribution is -2.54. The topological polar surface area (TPSA) is 78.4 Å². The first kappa shape index (κ1) is 14.2. The number of carbonyl (C=O) groups excluding carboxylic acids is 1. The summed E-state index contributed by atoms with van der Waals surface area (Å²) in [6, 6.07) is -0.930. The maximum absolute atomic E-state index is 12.0. The molecule has 0 bridgehead atoms. The van der Waals surface area contributed by atoms with Gasteiger partial charge in [-0.1, -0.05) is 26.7 Å². The number of carboxylic acid groups (broad SMARTS) is 1. The Kier molecular flexibility index (Phi) is 4.02. The lowest BCUT2D eigenvalue weighted by atomic mass is 9.73. The Labute approximate surface area is 114 Å². The van der Waals surface area contributed by atoms with E-state index in [1.54, 1.807) is 0 Å². The highest BCUT2D eigenvalue weighted by molar-refractivity contribution is 5.83. The number of hydrogen-bond donors (Lipinski definition) is 3. The fourth-order valence-electron chi connectivity index (χ4n) is 2.91. The predicted octanol–water partition coefficient (Wildman–Crippen LogP) is 2.12. The van der Waals surface area contributed by atoms with E-state index in [2.05, 4.69) is 24.5 Å². The molecule has 2 rings (SSSR count). The first-order chi connectivity index (χ1) is 8.90. The minimum atomic E-state index is -0.930. The summed E-state index contributed by atoms with van der Waals surface area (Å²) in [6.07, 6.45) is 6.19. The van der Waals surface area contributed by atoms with Crippen molar-refractivity contribution in [1.29, 1.82) is 0 Å². The van der Waals surface area contributed by atoms with Gasteiger partial charge in [-0.05, 0) is 37.0 Å². The predicted molar refractivity (Wildman–Crippen MR) is 71.9 cm³/mol. The summed E-state index contributed by atoms with van der Waals surface area (Å²) in [5, 5.41) is 14.7.